The summed E-state index contributed by atoms with van der Waals surface area (Å²) in [5.41, 5.74) is 0. The molecule has 0 saturated carbocycles. The van der Waals surface area contributed by atoms with Crippen LogP contribution in [-0.4, -0.2) is 37.0 Å². The fourth-order valence-corrected chi connectivity index (χ4v) is 4.26. The van der Waals surface area contributed by atoms with E-state index in [2.05, 4.69) is 15.9 Å². The number of benzene rings is 1. The van der Waals surface area contributed by atoms with Crippen LogP contribution in [0.2, 0.25) is 5.02 Å². The van der Waals surface area contributed by atoms with E-state index in [4.69, 9.17) is 11.6 Å². The topological polar surface area (TPSA) is 57.6 Å². The van der Waals surface area contributed by atoms with Crippen molar-refractivity contribution in [2.24, 2.45) is 0 Å². The fourth-order valence-electron chi connectivity index (χ4n) is 1.75. The van der Waals surface area contributed by atoms with E-state index in [0.29, 0.717) is 13.0 Å². The molecule has 1 aliphatic heterocycles. The SMILES string of the molecule is O=S(=O)(c1ccc(Br)cc1Cl)N1CC[C@H](O)C1. The van der Waals surface area contributed by atoms with Gasteiger partial charge in [-0.1, -0.05) is 27.5 Å². The normalized spacial score (nSPS) is 21.9. The Hall–Kier alpha value is -0.140. The first-order chi connectivity index (χ1) is 7.91. The van der Waals surface area contributed by atoms with Crippen molar-refractivity contribution < 1.29 is 13.5 Å². The second-order valence-electron chi connectivity index (χ2n) is 3.88. The molecule has 1 N–H and O–H groups in total. The van der Waals surface area contributed by atoms with E-state index in [0.717, 1.165) is 4.47 Å². The Morgan fingerprint density at radius 3 is 2.71 bits per heavy atom. The number of sulfonamides is 1. The van der Waals surface area contributed by atoms with Gasteiger partial charge in [0.05, 0.1) is 11.1 Å². The lowest BCUT2D eigenvalue weighted by molar-refractivity contribution is 0.189. The molecule has 0 spiro atoms. The van der Waals surface area contributed by atoms with Gasteiger partial charge in [-0.3, -0.25) is 0 Å². The third kappa shape index (κ3) is 2.66. The van der Waals surface area contributed by atoms with Gasteiger partial charge in [0.1, 0.15) is 4.90 Å². The molecule has 0 bridgehead atoms. The lowest BCUT2D eigenvalue weighted by Crippen LogP contribution is -2.29. The number of halogens is 2. The van der Waals surface area contributed by atoms with E-state index in [9.17, 15) is 13.5 Å². The van der Waals surface area contributed by atoms with Gasteiger partial charge in [0.25, 0.3) is 0 Å². The Balaban J connectivity index is 2.38. The maximum Gasteiger partial charge on any atom is 0.244 e. The van der Waals surface area contributed by atoms with Crippen LogP contribution in [0.15, 0.2) is 27.6 Å². The van der Waals surface area contributed by atoms with Gasteiger partial charge >= 0.3 is 0 Å². The summed E-state index contributed by atoms with van der Waals surface area (Å²) in [6.07, 6.45) is -0.119. The van der Waals surface area contributed by atoms with Crippen molar-refractivity contribution >= 4 is 37.6 Å². The molecule has 1 heterocycles. The molecule has 94 valence electrons. The molecule has 4 nitrogen and oxygen atoms in total. The van der Waals surface area contributed by atoms with Gasteiger partial charge in [-0.25, -0.2) is 8.42 Å². The first-order valence-electron chi connectivity index (χ1n) is 5.04. The lowest BCUT2D eigenvalue weighted by Gasteiger charge is -2.16. The van der Waals surface area contributed by atoms with E-state index >= 15 is 0 Å². The maximum atomic E-state index is 12.2. The smallest absolute Gasteiger partial charge is 0.244 e. The average molecular weight is 341 g/mol. The molecule has 0 amide bonds. The molecule has 1 saturated heterocycles. The zero-order chi connectivity index (χ0) is 12.6. The Labute approximate surface area is 113 Å². The summed E-state index contributed by atoms with van der Waals surface area (Å²) in [5, 5.41) is 9.56. The van der Waals surface area contributed by atoms with E-state index in [-0.39, 0.29) is 16.5 Å². The minimum atomic E-state index is -3.60. The zero-order valence-electron chi connectivity index (χ0n) is 8.81. The molecule has 1 atom stereocenters. The van der Waals surface area contributed by atoms with Crippen LogP contribution in [-0.2, 0) is 10.0 Å². The van der Waals surface area contributed by atoms with Gasteiger partial charge < -0.3 is 5.11 Å². The van der Waals surface area contributed by atoms with Crippen LogP contribution < -0.4 is 0 Å². The molecular weight excluding hydrogens is 330 g/mol. The third-order valence-corrected chi connectivity index (χ3v) is 5.48. The highest BCUT2D eigenvalue weighted by atomic mass is 79.9. The summed E-state index contributed by atoms with van der Waals surface area (Å²) < 4.78 is 26.4. The zero-order valence-corrected chi connectivity index (χ0v) is 12.0. The van der Waals surface area contributed by atoms with Crippen molar-refractivity contribution in [1.29, 1.82) is 0 Å². The summed E-state index contributed by atoms with van der Waals surface area (Å²) in [5.74, 6) is 0. The summed E-state index contributed by atoms with van der Waals surface area (Å²) in [6.45, 7) is 0.463. The van der Waals surface area contributed by atoms with Crippen LogP contribution in [0.4, 0.5) is 0 Å². The van der Waals surface area contributed by atoms with Crippen LogP contribution in [0.25, 0.3) is 0 Å². The summed E-state index contributed by atoms with van der Waals surface area (Å²) in [7, 11) is -3.60. The maximum absolute atomic E-state index is 12.2. The molecule has 0 aromatic heterocycles. The molecule has 2 rings (SSSR count). The third-order valence-electron chi connectivity index (χ3n) is 2.64. The van der Waals surface area contributed by atoms with Gasteiger partial charge in [0, 0.05) is 17.6 Å². The number of nitrogens with zero attached hydrogens (tertiary/aromatic N) is 1. The number of rotatable bonds is 2. The molecule has 1 aromatic rings. The number of β-amino-alcohol motifs (C(OH)–C–C–N with tert-alkyl or cyclic N) is 1. The highest BCUT2D eigenvalue weighted by molar-refractivity contribution is 9.10. The van der Waals surface area contributed by atoms with Gasteiger partial charge in [-0.15, -0.1) is 0 Å². The molecule has 1 aliphatic rings. The molecule has 0 radical (unpaired) electrons. The van der Waals surface area contributed by atoms with E-state index < -0.39 is 16.1 Å². The first kappa shape index (κ1) is 13.3. The fraction of sp³-hybridized carbons (Fsp3) is 0.400. The molecule has 17 heavy (non-hydrogen) atoms. The standard InChI is InChI=1S/C10H11BrClNO3S/c11-7-1-2-10(9(12)5-7)17(15,16)13-4-3-8(14)6-13/h1-2,5,8,14H,3-4,6H2/t8-/m0/s1. The van der Waals surface area contributed by atoms with Gasteiger partial charge in [-0.2, -0.15) is 4.31 Å². The predicted octanol–water partition coefficient (Wildman–Crippen LogP) is 1.86. The second-order valence-corrected chi connectivity index (χ2v) is 7.11. The highest BCUT2D eigenvalue weighted by Crippen LogP contribution is 2.29. The number of aliphatic hydroxyl groups is 1. The van der Waals surface area contributed by atoms with Crippen LogP contribution in [0, 0.1) is 0 Å². The number of hydrogen-bond donors (Lipinski definition) is 1. The minimum Gasteiger partial charge on any atom is -0.392 e. The van der Waals surface area contributed by atoms with Gasteiger partial charge in [0.15, 0.2) is 0 Å². The van der Waals surface area contributed by atoms with Crippen LogP contribution in [0.1, 0.15) is 6.42 Å². The van der Waals surface area contributed by atoms with Gasteiger partial charge in [-0.05, 0) is 24.6 Å². The van der Waals surface area contributed by atoms with Crippen LogP contribution >= 0.6 is 27.5 Å². The van der Waals surface area contributed by atoms with Crippen molar-refractivity contribution in [2.75, 3.05) is 13.1 Å². The first-order valence-corrected chi connectivity index (χ1v) is 7.65. The summed E-state index contributed by atoms with van der Waals surface area (Å²) in [6, 6.07) is 4.64. The number of aliphatic hydroxyl groups excluding tert-OH is 1. The molecule has 1 fully saturated rings. The number of hydrogen-bond acceptors (Lipinski definition) is 3. The Morgan fingerprint density at radius 1 is 1.47 bits per heavy atom. The summed E-state index contributed by atoms with van der Waals surface area (Å²) >= 11 is 9.15. The lowest BCUT2D eigenvalue weighted by atomic mass is 10.3. The monoisotopic (exact) mass is 339 g/mol. The second kappa shape index (κ2) is 4.85. The Kier molecular flexibility index (Phi) is 3.80. The molecule has 0 aliphatic carbocycles. The predicted molar refractivity (Wildman–Crippen MR) is 68.5 cm³/mol. The van der Waals surface area contributed by atoms with Gasteiger partial charge in [0.2, 0.25) is 10.0 Å². The minimum absolute atomic E-state index is 0.0801. The average Bonchev–Trinajstić information content (AvgIpc) is 2.64. The van der Waals surface area contributed by atoms with Crippen molar-refractivity contribution in [3.05, 3.63) is 27.7 Å². The highest BCUT2D eigenvalue weighted by Gasteiger charge is 2.32. The summed E-state index contributed by atoms with van der Waals surface area (Å²) in [4.78, 5) is 0.0801. The molecular formula is C10H11BrClNO3S. The molecule has 0 unspecified atom stereocenters. The van der Waals surface area contributed by atoms with Crippen molar-refractivity contribution in [3.8, 4) is 0 Å². The van der Waals surface area contributed by atoms with E-state index in [1.807, 2.05) is 0 Å². The largest absolute Gasteiger partial charge is 0.392 e. The molecule has 7 heteroatoms. The van der Waals surface area contributed by atoms with Crippen molar-refractivity contribution in [1.82, 2.24) is 4.31 Å². The van der Waals surface area contributed by atoms with E-state index in [1.54, 1.807) is 12.1 Å². The van der Waals surface area contributed by atoms with Crippen molar-refractivity contribution in [2.45, 2.75) is 17.4 Å². The quantitative estimate of drug-likeness (QED) is 0.894. The Bertz CT molecular complexity index is 534. The molecule has 1 aromatic carbocycles. The van der Waals surface area contributed by atoms with Crippen LogP contribution in [0.5, 0.6) is 0 Å². The van der Waals surface area contributed by atoms with E-state index in [1.165, 1.54) is 10.4 Å². The van der Waals surface area contributed by atoms with Crippen LogP contribution in [0.3, 0.4) is 0 Å². The Morgan fingerprint density at radius 2 is 2.18 bits per heavy atom. The van der Waals surface area contributed by atoms with Crippen molar-refractivity contribution in [3.63, 3.8) is 0 Å².